The number of carbonyl (C=O) groups excluding carboxylic acids is 2. The molecule has 2 amide bonds. The van der Waals surface area contributed by atoms with Crippen molar-refractivity contribution in [1.82, 2.24) is 5.32 Å². The van der Waals surface area contributed by atoms with Crippen LogP contribution < -0.4 is 10.2 Å². The van der Waals surface area contributed by atoms with Gasteiger partial charge in [0.15, 0.2) is 5.11 Å². The molecule has 1 aliphatic rings. The van der Waals surface area contributed by atoms with Gasteiger partial charge in [0.25, 0.3) is 11.8 Å². The molecule has 1 aliphatic heterocycles. The van der Waals surface area contributed by atoms with Crippen LogP contribution in [0.1, 0.15) is 15.9 Å². The van der Waals surface area contributed by atoms with E-state index in [0.29, 0.717) is 5.56 Å². The first-order valence-corrected chi connectivity index (χ1v) is 7.68. The Balaban J connectivity index is 2.03. The van der Waals surface area contributed by atoms with Crippen LogP contribution in [0.4, 0.5) is 5.69 Å². The van der Waals surface area contributed by atoms with Crippen molar-refractivity contribution in [2.45, 2.75) is 0 Å². The zero-order chi connectivity index (χ0) is 18.0. The quantitative estimate of drug-likeness (QED) is 0.502. The van der Waals surface area contributed by atoms with Crippen LogP contribution in [-0.2, 0) is 9.59 Å². The summed E-state index contributed by atoms with van der Waals surface area (Å²) in [6.07, 6.45) is 1.47. The second kappa shape index (κ2) is 6.66. The Labute approximate surface area is 148 Å². The van der Waals surface area contributed by atoms with Crippen molar-refractivity contribution in [3.8, 4) is 0 Å². The molecule has 7 heteroatoms. The Hall–Kier alpha value is -3.32. The van der Waals surface area contributed by atoms with Crippen molar-refractivity contribution >= 4 is 46.9 Å². The number of hydrogen-bond acceptors (Lipinski definition) is 4. The molecule has 2 aromatic carbocycles. The van der Waals surface area contributed by atoms with Crippen molar-refractivity contribution in [3.63, 3.8) is 0 Å². The number of carboxylic acids is 1. The lowest BCUT2D eigenvalue weighted by molar-refractivity contribution is -0.122. The molecular formula is C18H12N2O4S. The predicted molar refractivity (Wildman–Crippen MR) is 96.0 cm³/mol. The maximum atomic E-state index is 12.8. The summed E-state index contributed by atoms with van der Waals surface area (Å²) in [5.41, 5.74) is 0.890. The largest absolute Gasteiger partial charge is 0.478 e. The first kappa shape index (κ1) is 16.5. The highest BCUT2D eigenvalue weighted by atomic mass is 32.1. The number of amides is 2. The Morgan fingerprint density at radius 1 is 1.08 bits per heavy atom. The van der Waals surface area contributed by atoms with E-state index < -0.39 is 17.8 Å². The van der Waals surface area contributed by atoms with Crippen LogP contribution in [0, 0.1) is 0 Å². The fourth-order valence-electron chi connectivity index (χ4n) is 2.39. The van der Waals surface area contributed by atoms with Crippen molar-refractivity contribution < 1.29 is 19.5 Å². The molecule has 1 heterocycles. The van der Waals surface area contributed by atoms with E-state index in [4.69, 9.17) is 17.3 Å². The molecule has 3 rings (SSSR count). The number of hydrogen-bond donors (Lipinski definition) is 2. The van der Waals surface area contributed by atoms with Gasteiger partial charge in [0.05, 0.1) is 11.3 Å². The predicted octanol–water partition coefficient (Wildman–Crippen LogP) is 2.22. The normalized spacial score (nSPS) is 16.1. The minimum atomic E-state index is -1.12. The number of carboxylic acid groups (broad SMARTS) is 1. The summed E-state index contributed by atoms with van der Waals surface area (Å²) in [5, 5.41) is 11.5. The minimum Gasteiger partial charge on any atom is -0.478 e. The van der Waals surface area contributed by atoms with E-state index in [-0.39, 0.29) is 21.9 Å². The number of aromatic carboxylic acids is 1. The highest BCUT2D eigenvalue weighted by molar-refractivity contribution is 7.80. The van der Waals surface area contributed by atoms with Crippen LogP contribution >= 0.6 is 12.2 Å². The monoisotopic (exact) mass is 352 g/mol. The van der Waals surface area contributed by atoms with Gasteiger partial charge in [-0.1, -0.05) is 36.4 Å². The molecule has 0 atom stereocenters. The fourth-order valence-corrected chi connectivity index (χ4v) is 2.67. The van der Waals surface area contributed by atoms with Crippen molar-refractivity contribution in [2.75, 3.05) is 4.90 Å². The Morgan fingerprint density at radius 3 is 2.48 bits per heavy atom. The number of thiocarbonyl (C=S) groups is 1. The molecule has 0 spiro atoms. The topological polar surface area (TPSA) is 86.7 Å². The van der Waals surface area contributed by atoms with Gasteiger partial charge in [-0.2, -0.15) is 0 Å². The van der Waals surface area contributed by atoms with Crippen LogP contribution in [0.2, 0.25) is 0 Å². The third-order valence-electron chi connectivity index (χ3n) is 3.56. The maximum absolute atomic E-state index is 12.8. The molecule has 2 aromatic rings. The lowest BCUT2D eigenvalue weighted by atomic mass is 10.1. The second-order valence-corrected chi connectivity index (χ2v) is 5.61. The maximum Gasteiger partial charge on any atom is 0.335 e. The molecule has 25 heavy (non-hydrogen) atoms. The molecule has 0 aliphatic carbocycles. The zero-order valence-corrected chi connectivity index (χ0v) is 13.6. The van der Waals surface area contributed by atoms with Crippen molar-refractivity contribution in [3.05, 3.63) is 71.3 Å². The van der Waals surface area contributed by atoms with Crippen LogP contribution in [0.25, 0.3) is 6.08 Å². The SMILES string of the molecule is O=C1NC(=S)N(c2cccc(C(=O)O)c2)C(=O)C1=Cc1ccccc1. The Morgan fingerprint density at radius 2 is 1.80 bits per heavy atom. The van der Waals surface area contributed by atoms with Crippen LogP contribution in [-0.4, -0.2) is 28.0 Å². The van der Waals surface area contributed by atoms with E-state index in [1.807, 2.05) is 6.07 Å². The summed E-state index contributed by atoms with van der Waals surface area (Å²) in [4.78, 5) is 37.2. The van der Waals surface area contributed by atoms with Gasteiger partial charge in [-0.15, -0.1) is 0 Å². The number of nitrogens with zero attached hydrogens (tertiary/aromatic N) is 1. The number of benzene rings is 2. The summed E-state index contributed by atoms with van der Waals surface area (Å²) in [6, 6.07) is 14.7. The molecule has 6 nitrogen and oxygen atoms in total. The van der Waals surface area contributed by atoms with Gasteiger partial charge in [-0.05, 0) is 42.1 Å². The Kier molecular flexibility index (Phi) is 4.40. The molecule has 0 bridgehead atoms. The number of rotatable bonds is 3. The van der Waals surface area contributed by atoms with Gasteiger partial charge in [0.1, 0.15) is 5.57 Å². The summed E-state index contributed by atoms with van der Waals surface area (Å²) in [6.45, 7) is 0. The van der Waals surface area contributed by atoms with E-state index >= 15 is 0 Å². The highest BCUT2D eigenvalue weighted by Crippen LogP contribution is 2.23. The molecule has 2 N–H and O–H groups in total. The van der Waals surface area contributed by atoms with E-state index in [2.05, 4.69) is 5.32 Å². The van der Waals surface area contributed by atoms with E-state index in [1.165, 1.54) is 24.3 Å². The highest BCUT2D eigenvalue weighted by Gasteiger charge is 2.34. The molecule has 0 saturated carbocycles. The average Bonchev–Trinajstić information content (AvgIpc) is 2.59. The zero-order valence-electron chi connectivity index (χ0n) is 12.8. The van der Waals surface area contributed by atoms with Gasteiger partial charge in [0, 0.05) is 0 Å². The number of nitrogens with one attached hydrogen (secondary N) is 1. The smallest absolute Gasteiger partial charge is 0.335 e. The lowest BCUT2D eigenvalue weighted by Gasteiger charge is -2.29. The van der Waals surface area contributed by atoms with Crippen LogP contribution in [0.3, 0.4) is 0 Å². The first-order valence-electron chi connectivity index (χ1n) is 7.27. The van der Waals surface area contributed by atoms with Gasteiger partial charge in [-0.3, -0.25) is 19.8 Å². The summed E-state index contributed by atoms with van der Waals surface area (Å²) >= 11 is 5.09. The first-order chi connectivity index (χ1) is 12.0. The van der Waals surface area contributed by atoms with Crippen molar-refractivity contribution in [1.29, 1.82) is 0 Å². The molecular weight excluding hydrogens is 340 g/mol. The minimum absolute atomic E-state index is 0.0126. The van der Waals surface area contributed by atoms with Gasteiger partial charge >= 0.3 is 5.97 Å². The summed E-state index contributed by atoms with van der Waals surface area (Å²) in [7, 11) is 0. The van der Waals surface area contributed by atoms with Crippen LogP contribution in [0.15, 0.2) is 60.2 Å². The van der Waals surface area contributed by atoms with E-state index in [0.717, 1.165) is 4.90 Å². The Bertz CT molecular complexity index is 922. The lowest BCUT2D eigenvalue weighted by Crippen LogP contribution is -2.54. The van der Waals surface area contributed by atoms with E-state index in [9.17, 15) is 14.4 Å². The molecule has 0 aromatic heterocycles. The molecule has 1 saturated heterocycles. The third-order valence-corrected chi connectivity index (χ3v) is 3.85. The number of carbonyl (C=O) groups is 3. The standard InChI is InChI=1S/C18H12N2O4S/c21-15-14(9-11-5-2-1-3-6-11)16(22)20(18(25)19-15)13-8-4-7-12(10-13)17(23)24/h1-10H,(H,23,24)(H,19,21,25). The van der Waals surface area contributed by atoms with Gasteiger partial charge in [0.2, 0.25) is 0 Å². The second-order valence-electron chi connectivity index (χ2n) is 5.22. The van der Waals surface area contributed by atoms with Gasteiger partial charge in [-0.25, -0.2) is 4.79 Å². The average molecular weight is 352 g/mol. The third kappa shape index (κ3) is 3.31. The molecule has 0 unspecified atom stereocenters. The van der Waals surface area contributed by atoms with E-state index in [1.54, 1.807) is 30.3 Å². The molecule has 0 radical (unpaired) electrons. The molecule has 1 fully saturated rings. The fraction of sp³-hybridized carbons (Fsp3) is 0. The summed E-state index contributed by atoms with van der Waals surface area (Å²) in [5.74, 6) is -2.33. The number of anilines is 1. The van der Waals surface area contributed by atoms with Crippen molar-refractivity contribution in [2.24, 2.45) is 0 Å². The summed E-state index contributed by atoms with van der Waals surface area (Å²) < 4.78 is 0. The van der Waals surface area contributed by atoms with Gasteiger partial charge < -0.3 is 5.11 Å². The molecule has 124 valence electrons. The van der Waals surface area contributed by atoms with Crippen LogP contribution in [0.5, 0.6) is 0 Å².